The predicted octanol–water partition coefficient (Wildman–Crippen LogP) is 2.17. The molecule has 0 saturated heterocycles. The highest BCUT2D eigenvalue weighted by Gasteiger charge is 2.30. The number of aryl methyl sites for hydroxylation is 2. The van der Waals surface area contributed by atoms with E-state index in [-0.39, 0.29) is 5.75 Å². The van der Waals surface area contributed by atoms with Gasteiger partial charge in [0.2, 0.25) is 0 Å². The van der Waals surface area contributed by atoms with Crippen molar-refractivity contribution in [2.75, 3.05) is 12.0 Å². The summed E-state index contributed by atoms with van der Waals surface area (Å²) in [4.78, 5) is 4.22. The Morgan fingerprint density at radius 2 is 2.09 bits per heavy atom. The summed E-state index contributed by atoms with van der Waals surface area (Å²) in [5.41, 5.74) is 0. The highest BCUT2D eigenvalue weighted by molar-refractivity contribution is 7.98. The summed E-state index contributed by atoms with van der Waals surface area (Å²) in [6, 6.07) is 0. The summed E-state index contributed by atoms with van der Waals surface area (Å²) in [5, 5.41) is 12.2. The van der Waals surface area contributed by atoms with Gasteiger partial charge in [-0.1, -0.05) is 11.8 Å². The zero-order chi connectivity index (χ0) is 16.2. The molecule has 0 fully saturated rings. The van der Waals surface area contributed by atoms with Crippen LogP contribution in [0.15, 0.2) is 11.5 Å². The van der Waals surface area contributed by atoms with Crippen LogP contribution in [0.5, 0.6) is 0 Å². The van der Waals surface area contributed by atoms with Crippen molar-refractivity contribution in [1.82, 2.24) is 29.5 Å². The normalized spacial score (nSPS) is 12.0. The van der Waals surface area contributed by atoms with E-state index in [2.05, 4.69) is 20.3 Å². The van der Waals surface area contributed by atoms with E-state index in [1.165, 1.54) is 18.1 Å². The van der Waals surface area contributed by atoms with Crippen molar-refractivity contribution >= 4 is 23.5 Å². The summed E-state index contributed by atoms with van der Waals surface area (Å²) >= 11 is 2.88. The number of hydrogen-bond acceptors (Lipinski definition) is 6. The molecule has 2 aromatic rings. The molecule has 0 radical (unpaired) electrons. The molecule has 0 atom stereocenters. The van der Waals surface area contributed by atoms with Gasteiger partial charge in [0.25, 0.3) is 0 Å². The lowest BCUT2D eigenvalue weighted by Gasteiger charge is -2.08. The smallest absolute Gasteiger partial charge is 0.312 e. The maximum Gasteiger partial charge on any atom is 0.408 e. The fraction of sp³-hybridized carbons (Fsp3) is 0.636. The molecule has 0 amide bonds. The lowest BCUT2D eigenvalue weighted by Crippen LogP contribution is -2.20. The van der Waals surface area contributed by atoms with Crippen LogP contribution < -0.4 is 0 Å². The molecule has 0 aliphatic rings. The first-order chi connectivity index (χ1) is 10.4. The monoisotopic (exact) mass is 352 g/mol. The fourth-order valence-electron chi connectivity index (χ4n) is 1.66. The summed E-state index contributed by atoms with van der Waals surface area (Å²) in [5.74, 6) is 1.76. The molecule has 0 aromatic carbocycles. The number of alkyl halides is 3. The van der Waals surface area contributed by atoms with Crippen LogP contribution >= 0.6 is 23.5 Å². The molecule has 0 N–H and O–H groups in total. The van der Waals surface area contributed by atoms with Gasteiger partial charge >= 0.3 is 6.18 Å². The molecule has 0 saturated carbocycles. The fourth-order valence-corrected chi connectivity index (χ4v) is 2.88. The van der Waals surface area contributed by atoms with E-state index in [0.29, 0.717) is 23.2 Å². The molecule has 0 aliphatic carbocycles. The van der Waals surface area contributed by atoms with Gasteiger partial charge in [0, 0.05) is 19.2 Å². The molecule has 2 rings (SSSR count). The Balaban J connectivity index is 2.12. The van der Waals surface area contributed by atoms with Gasteiger partial charge in [-0.2, -0.15) is 30.0 Å². The number of aromatic nitrogens is 6. The second kappa shape index (κ2) is 7.36. The number of halogens is 3. The Morgan fingerprint density at radius 3 is 2.68 bits per heavy atom. The van der Waals surface area contributed by atoms with Gasteiger partial charge in [-0.15, -0.1) is 10.2 Å². The van der Waals surface area contributed by atoms with Crippen LogP contribution in [0.25, 0.3) is 0 Å². The highest BCUT2D eigenvalue weighted by atomic mass is 32.2. The van der Waals surface area contributed by atoms with Crippen molar-refractivity contribution in [2.24, 2.45) is 7.05 Å². The summed E-state index contributed by atoms with van der Waals surface area (Å²) in [6.45, 7) is -1.13. The number of hydrogen-bond donors (Lipinski definition) is 0. The van der Waals surface area contributed by atoms with Gasteiger partial charge in [-0.3, -0.25) is 0 Å². The van der Waals surface area contributed by atoms with Crippen LogP contribution in [-0.2, 0) is 25.8 Å². The molecule has 11 heteroatoms. The molecule has 0 aliphatic heterocycles. The molecule has 6 nitrogen and oxygen atoms in total. The second-order valence-corrected chi connectivity index (χ2v) is 6.40. The average Bonchev–Trinajstić information content (AvgIpc) is 2.99. The lowest BCUT2D eigenvalue weighted by atomic mass is 10.5. The minimum atomic E-state index is -4.32. The largest absolute Gasteiger partial charge is 0.408 e. The van der Waals surface area contributed by atoms with E-state index >= 15 is 0 Å². The van der Waals surface area contributed by atoms with E-state index in [1.54, 1.807) is 23.4 Å². The van der Waals surface area contributed by atoms with Gasteiger partial charge < -0.3 is 4.57 Å². The molecular formula is C11H15F3N6S2. The zero-order valence-electron chi connectivity index (χ0n) is 12.0. The minimum absolute atomic E-state index is 0.259. The maximum absolute atomic E-state index is 12.6. The Kier molecular flexibility index (Phi) is 5.73. The maximum atomic E-state index is 12.6. The molecular weight excluding hydrogens is 337 g/mol. The van der Waals surface area contributed by atoms with Crippen LogP contribution in [0, 0.1) is 0 Å². The quantitative estimate of drug-likeness (QED) is 0.712. The van der Waals surface area contributed by atoms with Crippen LogP contribution in [0.4, 0.5) is 13.2 Å². The van der Waals surface area contributed by atoms with E-state index in [1.807, 2.05) is 6.26 Å². The van der Waals surface area contributed by atoms with Gasteiger partial charge in [0.15, 0.2) is 11.0 Å². The third-order valence-electron chi connectivity index (χ3n) is 2.65. The third kappa shape index (κ3) is 4.90. The molecule has 0 bridgehead atoms. The van der Waals surface area contributed by atoms with E-state index < -0.39 is 12.7 Å². The summed E-state index contributed by atoms with van der Waals surface area (Å²) in [6.07, 6.45) is -0.313. The average molecular weight is 352 g/mol. The minimum Gasteiger partial charge on any atom is -0.312 e. The van der Waals surface area contributed by atoms with Crippen LogP contribution in [0.2, 0.25) is 0 Å². The first-order valence-corrected chi connectivity index (χ1v) is 8.72. The first-order valence-electron chi connectivity index (χ1n) is 6.34. The topological polar surface area (TPSA) is 61.4 Å². The Bertz CT molecular complexity index is 609. The molecule has 0 spiro atoms. The standard InChI is InChI=1S/C11H15F3N6S2/c1-19-7-15-17-10(19)22-5-9-16-8(3-4-21-2)18-20(9)6-11(12,13)14/h7H,3-6H2,1-2H3. The van der Waals surface area contributed by atoms with E-state index in [9.17, 15) is 13.2 Å². The molecule has 0 unspecified atom stereocenters. The third-order valence-corrected chi connectivity index (χ3v) is 4.29. The second-order valence-electron chi connectivity index (χ2n) is 4.47. The van der Waals surface area contributed by atoms with Crippen LogP contribution in [-0.4, -0.2) is 47.7 Å². The molecule has 2 aromatic heterocycles. The van der Waals surface area contributed by atoms with E-state index in [0.717, 1.165) is 10.4 Å². The van der Waals surface area contributed by atoms with Gasteiger partial charge in [0.05, 0.1) is 5.75 Å². The van der Waals surface area contributed by atoms with Gasteiger partial charge in [0.1, 0.15) is 18.7 Å². The number of nitrogens with zero attached hydrogens (tertiary/aromatic N) is 6. The highest BCUT2D eigenvalue weighted by Crippen LogP contribution is 2.22. The summed E-state index contributed by atoms with van der Waals surface area (Å²) in [7, 11) is 1.77. The van der Waals surface area contributed by atoms with Crippen molar-refractivity contribution in [1.29, 1.82) is 0 Å². The Labute approximate surface area is 133 Å². The van der Waals surface area contributed by atoms with Crippen LogP contribution in [0.3, 0.4) is 0 Å². The number of rotatable bonds is 7. The van der Waals surface area contributed by atoms with E-state index in [4.69, 9.17) is 0 Å². The van der Waals surface area contributed by atoms with Crippen molar-refractivity contribution in [2.45, 2.75) is 30.1 Å². The van der Waals surface area contributed by atoms with Crippen molar-refractivity contribution < 1.29 is 13.2 Å². The Morgan fingerprint density at radius 1 is 1.32 bits per heavy atom. The molecule has 22 heavy (non-hydrogen) atoms. The molecule has 122 valence electrons. The molecule has 2 heterocycles. The van der Waals surface area contributed by atoms with Crippen LogP contribution in [0.1, 0.15) is 11.6 Å². The van der Waals surface area contributed by atoms with Crippen molar-refractivity contribution in [3.63, 3.8) is 0 Å². The Hall–Kier alpha value is -1.23. The summed E-state index contributed by atoms with van der Waals surface area (Å²) < 4.78 is 40.5. The zero-order valence-corrected chi connectivity index (χ0v) is 13.7. The van der Waals surface area contributed by atoms with Crippen molar-refractivity contribution in [3.05, 3.63) is 18.0 Å². The number of thioether (sulfide) groups is 2. The SMILES string of the molecule is CSCCc1nc(CSc2nncn2C)n(CC(F)(F)F)n1. The predicted molar refractivity (Wildman–Crippen MR) is 78.7 cm³/mol. The van der Waals surface area contributed by atoms with Crippen molar-refractivity contribution in [3.8, 4) is 0 Å². The van der Waals surface area contributed by atoms with Gasteiger partial charge in [-0.25, -0.2) is 9.67 Å². The van der Waals surface area contributed by atoms with Gasteiger partial charge in [-0.05, 0) is 6.26 Å². The lowest BCUT2D eigenvalue weighted by molar-refractivity contribution is -0.143. The first kappa shape index (κ1) is 17.1.